The van der Waals surface area contributed by atoms with Crippen LogP contribution in [0, 0.1) is 5.92 Å². The van der Waals surface area contributed by atoms with Gasteiger partial charge in [0.05, 0.1) is 17.7 Å². The molecular weight excluding hydrogens is 268 g/mol. The van der Waals surface area contributed by atoms with Gasteiger partial charge in [-0.15, -0.1) is 0 Å². The van der Waals surface area contributed by atoms with Gasteiger partial charge in [0.1, 0.15) is 0 Å². The molecule has 0 saturated heterocycles. The van der Waals surface area contributed by atoms with E-state index >= 15 is 0 Å². The number of benzene rings is 1. The van der Waals surface area contributed by atoms with Crippen molar-refractivity contribution in [2.45, 2.75) is 46.5 Å². The summed E-state index contributed by atoms with van der Waals surface area (Å²) in [5.41, 5.74) is 0.933. The standard InChI is InChI=1S/C17H24O4/c1-4-21-17(20)14-11-7-10-13(15(14)16(18)19)9-6-5-8-12(2)3/h7,10-12H,4-6,8-9H2,1-3H3,(H,18,19). The Morgan fingerprint density at radius 2 is 1.95 bits per heavy atom. The van der Waals surface area contributed by atoms with Gasteiger partial charge in [0, 0.05) is 0 Å². The Balaban J connectivity index is 2.90. The lowest BCUT2D eigenvalue weighted by Gasteiger charge is -2.11. The summed E-state index contributed by atoms with van der Waals surface area (Å²) in [6.07, 6.45) is 3.77. The van der Waals surface area contributed by atoms with Crippen molar-refractivity contribution < 1.29 is 19.4 Å². The van der Waals surface area contributed by atoms with Crippen LogP contribution in [-0.4, -0.2) is 23.7 Å². The Hall–Kier alpha value is -1.84. The third-order valence-electron chi connectivity index (χ3n) is 3.34. The first kappa shape index (κ1) is 17.2. The van der Waals surface area contributed by atoms with Crippen LogP contribution in [0.1, 0.15) is 66.3 Å². The highest BCUT2D eigenvalue weighted by Crippen LogP contribution is 2.19. The summed E-state index contributed by atoms with van der Waals surface area (Å²) in [6.45, 7) is 6.28. The molecule has 0 saturated carbocycles. The second kappa shape index (κ2) is 8.45. The molecule has 0 aliphatic heterocycles. The van der Waals surface area contributed by atoms with Crippen molar-refractivity contribution in [2.24, 2.45) is 5.92 Å². The van der Waals surface area contributed by atoms with Crippen LogP contribution in [0.15, 0.2) is 18.2 Å². The largest absolute Gasteiger partial charge is 0.478 e. The lowest BCUT2D eigenvalue weighted by atomic mass is 9.95. The fourth-order valence-corrected chi connectivity index (χ4v) is 2.31. The molecule has 0 aliphatic carbocycles. The van der Waals surface area contributed by atoms with Gasteiger partial charge >= 0.3 is 11.9 Å². The van der Waals surface area contributed by atoms with Crippen LogP contribution in [-0.2, 0) is 11.2 Å². The second-order valence-electron chi connectivity index (χ2n) is 5.50. The lowest BCUT2D eigenvalue weighted by Crippen LogP contribution is -2.14. The van der Waals surface area contributed by atoms with Crippen LogP contribution in [0.5, 0.6) is 0 Å². The molecule has 1 rings (SSSR count). The van der Waals surface area contributed by atoms with Gasteiger partial charge < -0.3 is 9.84 Å². The monoisotopic (exact) mass is 292 g/mol. The molecule has 116 valence electrons. The normalized spacial score (nSPS) is 10.7. The van der Waals surface area contributed by atoms with E-state index in [9.17, 15) is 14.7 Å². The summed E-state index contributed by atoms with van der Waals surface area (Å²) in [7, 11) is 0. The number of hydrogen-bond donors (Lipinski definition) is 1. The SMILES string of the molecule is CCOC(=O)c1cccc(CCCCC(C)C)c1C(=O)O. The summed E-state index contributed by atoms with van der Waals surface area (Å²) in [5.74, 6) is -0.994. The Morgan fingerprint density at radius 3 is 2.52 bits per heavy atom. The number of rotatable bonds is 8. The summed E-state index contributed by atoms with van der Waals surface area (Å²) < 4.78 is 4.93. The average Bonchev–Trinajstić information content (AvgIpc) is 2.43. The maximum atomic E-state index is 11.9. The molecule has 0 unspecified atom stereocenters. The molecule has 21 heavy (non-hydrogen) atoms. The molecule has 0 amide bonds. The molecule has 0 radical (unpaired) electrons. The number of unbranched alkanes of at least 4 members (excludes halogenated alkanes) is 1. The first-order valence-electron chi connectivity index (χ1n) is 7.49. The zero-order valence-corrected chi connectivity index (χ0v) is 13.0. The zero-order chi connectivity index (χ0) is 15.8. The molecule has 0 bridgehead atoms. The Bertz CT molecular complexity index is 492. The van der Waals surface area contributed by atoms with Crippen LogP contribution in [0.2, 0.25) is 0 Å². The molecule has 0 heterocycles. The Morgan fingerprint density at radius 1 is 1.24 bits per heavy atom. The molecule has 4 heteroatoms. The fourth-order valence-electron chi connectivity index (χ4n) is 2.31. The van der Waals surface area contributed by atoms with Crippen molar-refractivity contribution in [3.05, 3.63) is 34.9 Å². The van der Waals surface area contributed by atoms with Crippen molar-refractivity contribution in [1.82, 2.24) is 0 Å². The number of carbonyl (C=O) groups is 2. The number of esters is 1. The van der Waals surface area contributed by atoms with Gasteiger partial charge in [0.15, 0.2) is 0 Å². The van der Waals surface area contributed by atoms with Crippen LogP contribution >= 0.6 is 0 Å². The lowest BCUT2D eigenvalue weighted by molar-refractivity contribution is 0.0514. The zero-order valence-electron chi connectivity index (χ0n) is 13.0. The predicted molar refractivity (Wildman–Crippen MR) is 81.8 cm³/mol. The third kappa shape index (κ3) is 5.21. The molecule has 1 aromatic rings. The van der Waals surface area contributed by atoms with Gasteiger partial charge in [0.25, 0.3) is 0 Å². The quantitative estimate of drug-likeness (QED) is 0.582. The van der Waals surface area contributed by atoms with Crippen LogP contribution < -0.4 is 0 Å². The van der Waals surface area contributed by atoms with Gasteiger partial charge in [-0.05, 0) is 37.3 Å². The number of carboxylic acid groups (broad SMARTS) is 1. The van der Waals surface area contributed by atoms with Crippen molar-refractivity contribution in [1.29, 1.82) is 0 Å². The van der Waals surface area contributed by atoms with Gasteiger partial charge in [-0.2, -0.15) is 0 Å². The van der Waals surface area contributed by atoms with Crippen LogP contribution in [0.25, 0.3) is 0 Å². The topological polar surface area (TPSA) is 63.6 Å². The first-order valence-corrected chi connectivity index (χ1v) is 7.49. The second-order valence-corrected chi connectivity index (χ2v) is 5.50. The third-order valence-corrected chi connectivity index (χ3v) is 3.34. The van der Waals surface area contributed by atoms with E-state index in [1.807, 2.05) is 0 Å². The molecule has 0 aliphatic rings. The van der Waals surface area contributed by atoms with E-state index in [4.69, 9.17) is 4.74 Å². The van der Waals surface area contributed by atoms with Crippen LogP contribution in [0.3, 0.4) is 0 Å². The highest BCUT2D eigenvalue weighted by Gasteiger charge is 2.20. The van der Waals surface area contributed by atoms with Gasteiger partial charge in [-0.1, -0.05) is 38.8 Å². The van der Waals surface area contributed by atoms with E-state index < -0.39 is 11.9 Å². The van der Waals surface area contributed by atoms with Crippen molar-refractivity contribution in [2.75, 3.05) is 6.61 Å². The minimum absolute atomic E-state index is 0.0838. The van der Waals surface area contributed by atoms with Crippen molar-refractivity contribution in [3.8, 4) is 0 Å². The smallest absolute Gasteiger partial charge is 0.339 e. The highest BCUT2D eigenvalue weighted by molar-refractivity contribution is 6.03. The van der Waals surface area contributed by atoms with Gasteiger partial charge in [0.2, 0.25) is 0 Å². The Labute approximate surface area is 126 Å². The fraction of sp³-hybridized carbons (Fsp3) is 0.529. The summed E-state index contributed by atoms with van der Waals surface area (Å²) in [4.78, 5) is 23.3. The van der Waals surface area contributed by atoms with E-state index in [0.29, 0.717) is 17.9 Å². The maximum absolute atomic E-state index is 11.9. The summed E-state index contributed by atoms with van der Waals surface area (Å²) >= 11 is 0. The van der Waals surface area contributed by atoms with Gasteiger partial charge in [-0.25, -0.2) is 9.59 Å². The van der Waals surface area contributed by atoms with Crippen molar-refractivity contribution >= 4 is 11.9 Å². The van der Waals surface area contributed by atoms with E-state index in [0.717, 1.165) is 19.3 Å². The maximum Gasteiger partial charge on any atom is 0.339 e. The minimum atomic E-state index is -1.07. The number of hydrogen-bond acceptors (Lipinski definition) is 3. The Kier molecular flexibility index (Phi) is 6.92. The van der Waals surface area contributed by atoms with E-state index in [-0.39, 0.29) is 17.7 Å². The highest BCUT2D eigenvalue weighted by atomic mass is 16.5. The molecule has 1 N–H and O–H groups in total. The molecule has 0 spiro atoms. The van der Waals surface area contributed by atoms with E-state index in [1.165, 1.54) is 6.07 Å². The molecule has 0 aromatic heterocycles. The van der Waals surface area contributed by atoms with Gasteiger partial charge in [-0.3, -0.25) is 0 Å². The van der Waals surface area contributed by atoms with E-state index in [1.54, 1.807) is 19.1 Å². The number of aromatic carboxylic acids is 1. The number of ether oxygens (including phenoxy) is 1. The summed E-state index contributed by atoms with van der Waals surface area (Å²) in [5, 5.41) is 9.40. The minimum Gasteiger partial charge on any atom is -0.478 e. The molecule has 4 nitrogen and oxygen atoms in total. The van der Waals surface area contributed by atoms with E-state index in [2.05, 4.69) is 13.8 Å². The molecular formula is C17H24O4. The number of aryl methyl sites for hydroxylation is 1. The number of carbonyl (C=O) groups excluding carboxylic acids is 1. The first-order chi connectivity index (χ1) is 9.97. The molecule has 1 aromatic carbocycles. The molecule has 0 atom stereocenters. The summed E-state index contributed by atoms with van der Waals surface area (Å²) in [6, 6.07) is 5.01. The van der Waals surface area contributed by atoms with Crippen LogP contribution in [0.4, 0.5) is 0 Å². The van der Waals surface area contributed by atoms with Crippen molar-refractivity contribution in [3.63, 3.8) is 0 Å². The average molecular weight is 292 g/mol. The number of carboxylic acids is 1. The molecule has 0 fully saturated rings. The predicted octanol–water partition coefficient (Wildman–Crippen LogP) is 3.93.